The number of likely N-dealkylation sites (N-methyl/N-ethyl adjacent to an activating group) is 1. The summed E-state index contributed by atoms with van der Waals surface area (Å²) < 4.78 is 27.4. The maximum Gasteiger partial charge on any atom is 0.251 e. The molecule has 1 fully saturated rings. The number of rotatable bonds is 7. The molecule has 148 valence electrons. The van der Waals surface area contributed by atoms with Crippen LogP contribution in [0.2, 0.25) is 0 Å². The van der Waals surface area contributed by atoms with E-state index in [4.69, 9.17) is 0 Å². The number of aryl methyl sites for hydroxylation is 1. The van der Waals surface area contributed by atoms with Crippen molar-refractivity contribution in [3.05, 3.63) is 29.3 Å². The molecule has 1 aromatic rings. The Morgan fingerprint density at radius 2 is 1.88 bits per heavy atom. The highest BCUT2D eigenvalue weighted by Gasteiger charge is 2.28. The van der Waals surface area contributed by atoms with Crippen molar-refractivity contribution in [3.63, 3.8) is 0 Å². The first-order valence-electron chi connectivity index (χ1n) is 8.98. The predicted octanol–water partition coefficient (Wildman–Crippen LogP) is 2.32. The molecule has 8 heteroatoms. The normalized spacial score (nSPS) is 16.6. The highest BCUT2D eigenvalue weighted by molar-refractivity contribution is 7.89. The number of nitrogens with zero attached hydrogens (tertiary/aromatic N) is 1. The molecule has 0 aromatic heterocycles. The molecule has 6 nitrogen and oxygen atoms in total. The van der Waals surface area contributed by atoms with Crippen LogP contribution < -0.4 is 10.6 Å². The molecule has 26 heavy (non-hydrogen) atoms. The zero-order valence-corrected chi connectivity index (χ0v) is 17.4. The van der Waals surface area contributed by atoms with Crippen LogP contribution >= 0.6 is 12.4 Å². The molecule has 2 rings (SSSR count). The molecule has 0 radical (unpaired) electrons. The van der Waals surface area contributed by atoms with Crippen LogP contribution in [-0.2, 0) is 10.0 Å². The summed E-state index contributed by atoms with van der Waals surface area (Å²) in [5.74, 6) is -0.250. The second kappa shape index (κ2) is 10.3. The van der Waals surface area contributed by atoms with Gasteiger partial charge in [-0.25, -0.2) is 8.42 Å². The molecular formula is C18H30ClN3O3S. The van der Waals surface area contributed by atoms with Crippen molar-refractivity contribution in [3.8, 4) is 0 Å². The molecular weight excluding hydrogens is 374 g/mol. The molecule has 1 aliphatic rings. The Labute approximate surface area is 163 Å². The average molecular weight is 404 g/mol. The summed E-state index contributed by atoms with van der Waals surface area (Å²) in [5.41, 5.74) is 1.05. The Kier molecular flexibility index (Phi) is 9.03. The summed E-state index contributed by atoms with van der Waals surface area (Å²) in [7, 11) is -3.55. The summed E-state index contributed by atoms with van der Waals surface area (Å²) in [5, 5.41) is 6.07. The van der Waals surface area contributed by atoms with Crippen molar-refractivity contribution >= 4 is 28.3 Å². The van der Waals surface area contributed by atoms with Crippen LogP contribution in [-0.4, -0.2) is 50.9 Å². The second-order valence-corrected chi connectivity index (χ2v) is 8.52. The van der Waals surface area contributed by atoms with Crippen molar-refractivity contribution in [1.29, 1.82) is 0 Å². The predicted molar refractivity (Wildman–Crippen MR) is 107 cm³/mol. The fourth-order valence-electron chi connectivity index (χ4n) is 3.03. The molecule has 1 aromatic carbocycles. The number of hydrogen-bond donors (Lipinski definition) is 2. The smallest absolute Gasteiger partial charge is 0.251 e. The molecule has 1 atom stereocenters. The van der Waals surface area contributed by atoms with E-state index in [1.165, 1.54) is 10.4 Å². The summed E-state index contributed by atoms with van der Waals surface area (Å²) >= 11 is 0. The van der Waals surface area contributed by atoms with E-state index in [0.717, 1.165) is 25.8 Å². The quantitative estimate of drug-likeness (QED) is 0.732. The lowest BCUT2D eigenvalue weighted by Crippen LogP contribution is -2.39. The van der Waals surface area contributed by atoms with Gasteiger partial charge in [-0.2, -0.15) is 4.31 Å². The Morgan fingerprint density at radius 1 is 1.23 bits per heavy atom. The number of hydrogen-bond acceptors (Lipinski definition) is 4. The largest absolute Gasteiger partial charge is 0.350 e. The Morgan fingerprint density at radius 3 is 2.50 bits per heavy atom. The first kappa shape index (κ1) is 22.9. The molecule has 1 heterocycles. The summed E-state index contributed by atoms with van der Waals surface area (Å²) in [6.45, 7) is 8.21. The van der Waals surface area contributed by atoms with Gasteiger partial charge in [0.05, 0.1) is 4.90 Å². The zero-order valence-electron chi connectivity index (χ0n) is 15.7. The standard InChI is InChI=1S/C18H29N3O3S.ClH/c1-4-19-15(3)13-20-18(22)16-9-8-14(2)17(12-16)25(23,24)21-10-6-5-7-11-21;/h8-9,12,15,19H,4-7,10-11,13H2,1-3H3,(H,20,22);1H/t15-;/m1./s1. The minimum absolute atomic E-state index is 0. The van der Waals surface area contributed by atoms with Gasteiger partial charge in [-0.15, -0.1) is 12.4 Å². The van der Waals surface area contributed by atoms with Crippen LogP contribution in [0.15, 0.2) is 23.1 Å². The topological polar surface area (TPSA) is 78.5 Å². The van der Waals surface area contributed by atoms with Gasteiger partial charge in [-0.1, -0.05) is 19.4 Å². The number of halogens is 1. The van der Waals surface area contributed by atoms with Crippen LogP contribution in [0.5, 0.6) is 0 Å². The lowest BCUT2D eigenvalue weighted by molar-refractivity contribution is 0.0950. The van der Waals surface area contributed by atoms with Gasteiger partial charge in [0.1, 0.15) is 0 Å². The van der Waals surface area contributed by atoms with E-state index >= 15 is 0 Å². The van der Waals surface area contributed by atoms with Gasteiger partial charge in [0, 0.05) is 31.2 Å². The molecule has 1 saturated heterocycles. The fourth-order valence-corrected chi connectivity index (χ4v) is 4.80. The number of nitrogens with one attached hydrogen (secondary N) is 2. The number of sulfonamides is 1. The van der Waals surface area contributed by atoms with E-state index in [1.807, 2.05) is 13.8 Å². The zero-order chi connectivity index (χ0) is 18.4. The van der Waals surface area contributed by atoms with Gasteiger partial charge in [-0.3, -0.25) is 4.79 Å². The Hall–Kier alpha value is -1.15. The van der Waals surface area contributed by atoms with E-state index in [2.05, 4.69) is 10.6 Å². The molecule has 0 aliphatic carbocycles. The van der Waals surface area contributed by atoms with Crippen LogP contribution in [0.4, 0.5) is 0 Å². The molecule has 2 N–H and O–H groups in total. The summed E-state index contributed by atoms with van der Waals surface area (Å²) in [6, 6.07) is 5.06. The summed E-state index contributed by atoms with van der Waals surface area (Å²) in [6.07, 6.45) is 2.85. The number of carbonyl (C=O) groups excluding carboxylic acids is 1. The SMILES string of the molecule is CCN[C@H](C)CNC(=O)c1ccc(C)c(S(=O)(=O)N2CCCCC2)c1.Cl. The number of amides is 1. The lowest BCUT2D eigenvalue weighted by atomic mass is 10.1. The Balaban J connectivity index is 0.00000338. The maximum atomic E-state index is 12.9. The molecule has 1 amide bonds. The van der Waals surface area contributed by atoms with Crippen molar-refractivity contribution in [2.45, 2.75) is 51.0 Å². The first-order valence-corrected chi connectivity index (χ1v) is 10.4. The van der Waals surface area contributed by atoms with E-state index in [-0.39, 0.29) is 29.3 Å². The van der Waals surface area contributed by atoms with Gasteiger partial charge >= 0.3 is 0 Å². The van der Waals surface area contributed by atoms with Crippen LogP contribution in [0.1, 0.15) is 49.0 Å². The molecule has 1 aliphatic heterocycles. The van der Waals surface area contributed by atoms with Crippen LogP contribution in [0.3, 0.4) is 0 Å². The van der Waals surface area contributed by atoms with Crippen LogP contribution in [0, 0.1) is 6.92 Å². The van der Waals surface area contributed by atoms with Gasteiger partial charge in [-0.05, 0) is 50.9 Å². The first-order chi connectivity index (χ1) is 11.9. The number of carbonyl (C=O) groups is 1. The monoisotopic (exact) mass is 403 g/mol. The van der Waals surface area contributed by atoms with Crippen molar-refractivity contribution in [1.82, 2.24) is 14.9 Å². The fraction of sp³-hybridized carbons (Fsp3) is 0.611. The van der Waals surface area contributed by atoms with Crippen molar-refractivity contribution in [2.75, 3.05) is 26.2 Å². The molecule has 0 unspecified atom stereocenters. The minimum Gasteiger partial charge on any atom is -0.350 e. The summed E-state index contributed by atoms with van der Waals surface area (Å²) in [4.78, 5) is 12.6. The van der Waals surface area contributed by atoms with Crippen molar-refractivity contribution in [2.24, 2.45) is 0 Å². The average Bonchev–Trinajstić information content (AvgIpc) is 2.61. The number of piperidine rings is 1. The lowest BCUT2D eigenvalue weighted by Gasteiger charge is -2.26. The third-order valence-corrected chi connectivity index (χ3v) is 6.55. The van der Waals surface area contributed by atoms with E-state index in [1.54, 1.807) is 19.1 Å². The minimum atomic E-state index is -3.55. The van der Waals surface area contributed by atoms with Gasteiger partial charge in [0.2, 0.25) is 10.0 Å². The highest BCUT2D eigenvalue weighted by atomic mass is 35.5. The van der Waals surface area contributed by atoms with Gasteiger partial charge in [0.15, 0.2) is 0 Å². The van der Waals surface area contributed by atoms with Crippen LogP contribution in [0.25, 0.3) is 0 Å². The van der Waals surface area contributed by atoms with Gasteiger partial charge < -0.3 is 10.6 Å². The van der Waals surface area contributed by atoms with E-state index in [0.29, 0.717) is 30.8 Å². The van der Waals surface area contributed by atoms with Crippen molar-refractivity contribution < 1.29 is 13.2 Å². The highest BCUT2D eigenvalue weighted by Crippen LogP contribution is 2.24. The Bertz CT molecular complexity index is 704. The second-order valence-electron chi connectivity index (χ2n) is 6.61. The molecule has 0 saturated carbocycles. The van der Waals surface area contributed by atoms with E-state index in [9.17, 15) is 13.2 Å². The third kappa shape index (κ3) is 5.67. The molecule has 0 spiro atoms. The number of benzene rings is 1. The maximum absolute atomic E-state index is 12.9. The molecule has 0 bridgehead atoms. The van der Waals surface area contributed by atoms with Gasteiger partial charge in [0.25, 0.3) is 5.91 Å². The van der Waals surface area contributed by atoms with E-state index < -0.39 is 10.0 Å². The third-order valence-electron chi connectivity index (χ3n) is 4.50.